The molecule has 0 spiro atoms. The number of rotatable bonds is 4. The van der Waals surface area contributed by atoms with Crippen LogP contribution >= 0.6 is 0 Å². The molecule has 2 rings (SSSR count). The van der Waals surface area contributed by atoms with Crippen LogP contribution in [0.3, 0.4) is 0 Å². The van der Waals surface area contributed by atoms with Gasteiger partial charge in [-0.15, -0.1) is 5.10 Å². The maximum absolute atomic E-state index is 11.4. The van der Waals surface area contributed by atoms with E-state index in [1.54, 1.807) is 29.1 Å². The first-order valence-corrected chi connectivity index (χ1v) is 7.34. The fourth-order valence-corrected chi connectivity index (χ4v) is 2.04. The van der Waals surface area contributed by atoms with Crippen LogP contribution in [-0.4, -0.2) is 35.9 Å². The molecule has 1 aromatic carbocycles. The number of hydrogen-bond donors (Lipinski definition) is 2. The Hall–Kier alpha value is -1.96. The highest BCUT2D eigenvalue weighted by Crippen LogP contribution is 2.22. The Morgan fingerprint density at radius 3 is 2.53 bits per heavy atom. The zero-order valence-electron chi connectivity index (χ0n) is 10.8. The van der Waals surface area contributed by atoms with Crippen LogP contribution in [0.5, 0.6) is 0 Å². The molecule has 0 radical (unpaired) electrons. The summed E-state index contributed by atoms with van der Waals surface area (Å²) < 4.78 is 13.0. The van der Waals surface area contributed by atoms with E-state index < -0.39 is 10.8 Å². The molecule has 0 saturated heterocycles. The topological polar surface area (TPSA) is 113 Å². The molecule has 0 bridgehead atoms. The molecule has 8 heteroatoms. The first-order chi connectivity index (χ1) is 8.97. The number of hydrogen-bond acceptors (Lipinski definition) is 6. The van der Waals surface area contributed by atoms with Crippen molar-refractivity contribution >= 4 is 22.2 Å². The summed E-state index contributed by atoms with van der Waals surface area (Å²) in [4.78, 5) is 0. The van der Waals surface area contributed by atoms with Crippen molar-refractivity contribution in [1.29, 1.82) is 0 Å². The van der Waals surface area contributed by atoms with Crippen molar-refractivity contribution in [3.05, 3.63) is 18.2 Å². The van der Waals surface area contributed by atoms with Crippen molar-refractivity contribution in [2.75, 3.05) is 17.7 Å². The fourth-order valence-electron chi connectivity index (χ4n) is 1.69. The first-order valence-electron chi connectivity index (χ1n) is 5.72. The molecule has 102 valence electrons. The number of tetrazole rings is 1. The van der Waals surface area contributed by atoms with E-state index in [1.807, 2.05) is 6.92 Å². The number of nitrogens with two attached hydrogens (primary N) is 2. The predicted octanol–water partition coefficient (Wildman–Crippen LogP) is 0.271. The lowest BCUT2D eigenvalue weighted by molar-refractivity contribution is 0.579. The smallest absolute Gasteiger partial charge is 0.182 e. The quantitative estimate of drug-likeness (QED) is 0.777. The Morgan fingerprint density at radius 1 is 1.32 bits per heavy atom. The molecule has 0 aliphatic heterocycles. The van der Waals surface area contributed by atoms with Gasteiger partial charge >= 0.3 is 0 Å². The molecule has 0 aliphatic rings. The molecule has 2 atom stereocenters. The van der Waals surface area contributed by atoms with Crippen molar-refractivity contribution in [2.24, 2.45) is 0 Å². The van der Waals surface area contributed by atoms with Gasteiger partial charge in [-0.2, -0.15) is 0 Å². The SMILES string of the molecule is CC(Cn1nnnc1-c1cc(N)cc(N)c1)S(C)=O. The summed E-state index contributed by atoms with van der Waals surface area (Å²) in [7, 11) is -0.934. The van der Waals surface area contributed by atoms with Crippen LogP contribution < -0.4 is 11.5 Å². The normalized spacial score (nSPS) is 14.2. The predicted molar refractivity (Wildman–Crippen MR) is 75.6 cm³/mol. The Labute approximate surface area is 113 Å². The zero-order chi connectivity index (χ0) is 14.0. The second kappa shape index (κ2) is 5.35. The van der Waals surface area contributed by atoms with Crippen molar-refractivity contribution in [3.8, 4) is 11.4 Å². The van der Waals surface area contributed by atoms with Gasteiger partial charge in [0.05, 0.1) is 11.8 Å². The zero-order valence-corrected chi connectivity index (χ0v) is 11.6. The van der Waals surface area contributed by atoms with Crippen molar-refractivity contribution < 1.29 is 4.21 Å². The number of nitrogen functional groups attached to an aromatic ring is 2. The van der Waals surface area contributed by atoms with E-state index in [4.69, 9.17) is 11.5 Å². The Bertz CT molecular complexity index is 591. The third-order valence-corrected chi connectivity index (χ3v) is 4.05. The molecule has 0 amide bonds. The Kier molecular flexibility index (Phi) is 3.79. The maximum Gasteiger partial charge on any atom is 0.182 e. The summed E-state index contributed by atoms with van der Waals surface area (Å²) in [5, 5.41) is 11.5. The second-order valence-electron chi connectivity index (χ2n) is 4.38. The summed E-state index contributed by atoms with van der Waals surface area (Å²) in [6.07, 6.45) is 1.66. The van der Waals surface area contributed by atoms with Gasteiger partial charge < -0.3 is 11.5 Å². The minimum atomic E-state index is -0.934. The van der Waals surface area contributed by atoms with Gasteiger partial charge in [0, 0.05) is 34.0 Å². The largest absolute Gasteiger partial charge is 0.399 e. The number of aromatic nitrogens is 4. The van der Waals surface area contributed by atoms with E-state index in [2.05, 4.69) is 15.5 Å². The second-order valence-corrected chi connectivity index (χ2v) is 6.18. The lowest BCUT2D eigenvalue weighted by atomic mass is 10.1. The monoisotopic (exact) mass is 280 g/mol. The summed E-state index contributed by atoms with van der Waals surface area (Å²) in [6.45, 7) is 2.36. The van der Waals surface area contributed by atoms with Gasteiger partial charge in [-0.25, -0.2) is 4.68 Å². The van der Waals surface area contributed by atoms with Crippen molar-refractivity contribution in [2.45, 2.75) is 18.7 Å². The molecular weight excluding hydrogens is 264 g/mol. The maximum atomic E-state index is 11.4. The molecule has 0 fully saturated rings. The van der Waals surface area contributed by atoms with Gasteiger partial charge in [-0.3, -0.25) is 4.21 Å². The van der Waals surface area contributed by atoms with E-state index in [0.717, 1.165) is 5.56 Å². The third-order valence-electron chi connectivity index (χ3n) is 2.76. The van der Waals surface area contributed by atoms with Crippen LogP contribution in [0.25, 0.3) is 11.4 Å². The highest BCUT2D eigenvalue weighted by molar-refractivity contribution is 7.84. The molecule has 2 unspecified atom stereocenters. The average Bonchev–Trinajstić information content (AvgIpc) is 2.75. The Balaban J connectivity index is 2.36. The lowest BCUT2D eigenvalue weighted by Crippen LogP contribution is -2.19. The molecular formula is C11H16N6OS. The molecule has 0 saturated carbocycles. The standard InChI is InChI=1S/C11H16N6OS/c1-7(19(2)18)6-17-11(14-15-16-17)8-3-9(12)5-10(13)4-8/h3-5,7H,6,12-13H2,1-2H3. The molecule has 4 N–H and O–H groups in total. The van der Waals surface area contributed by atoms with Crippen LogP contribution in [0.4, 0.5) is 11.4 Å². The van der Waals surface area contributed by atoms with Crippen LogP contribution in [0.2, 0.25) is 0 Å². The van der Waals surface area contributed by atoms with Crippen LogP contribution in [0, 0.1) is 0 Å². The van der Waals surface area contributed by atoms with Crippen molar-refractivity contribution in [1.82, 2.24) is 20.2 Å². The number of nitrogens with zero attached hydrogens (tertiary/aromatic N) is 4. The van der Waals surface area contributed by atoms with Gasteiger partial charge in [0.15, 0.2) is 5.82 Å². The summed E-state index contributed by atoms with van der Waals surface area (Å²) in [5.41, 5.74) is 13.4. The van der Waals surface area contributed by atoms with Gasteiger partial charge in [-0.1, -0.05) is 0 Å². The van der Waals surface area contributed by atoms with E-state index in [0.29, 0.717) is 23.7 Å². The highest BCUT2D eigenvalue weighted by Gasteiger charge is 2.14. The first kappa shape index (κ1) is 13.5. The van der Waals surface area contributed by atoms with E-state index in [1.165, 1.54) is 0 Å². The fraction of sp³-hybridized carbons (Fsp3) is 0.364. The highest BCUT2D eigenvalue weighted by atomic mass is 32.2. The molecule has 1 aromatic heterocycles. The summed E-state index contributed by atoms with van der Waals surface area (Å²) in [5.74, 6) is 0.566. The molecule has 19 heavy (non-hydrogen) atoms. The molecule has 7 nitrogen and oxygen atoms in total. The van der Waals surface area contributed by atoms with Gasteiger partial charge in [0.25, 0.3) is 0 Å². The van der Waals surface area contributed by atoms with E-state index in [-0.39, 0.29) is 5.25 Å². The number of benzene rings is 1. The van der Waals surface area contributed by atoms with Gasteiger partial charge in [0.1, 0.15) is 0 Å². The minimum Gasteiger partial charge on any atom is -0.399 e. The van der Waals surface area contributed by atoms with E-state index in [9.17, 15) is 4.21 Å². The van der Waals surface area contributed by atoms with Crippen LogP contribution in [0.15, 0.2) is 18.2 Å². The number of anilines is 2. The van der Waals surface area contributed by atoms with Crippen molar-refractivity contribution in [3.63, 3.8) is 0 Å². The average molecular weight is 280 g/mol. The van der Waals surface area contributed by atoms with Gasteiger partial charge in [0.2, 0.25) is 0 Å². The molecule has 2 aromatic rings. The Morgan fingerprint density at radius 2 is 1.95 bits per heavy atom. The third kappa shape index (κ3) is 3.08. The van der Waals surface area contributed by atoms with E-state index >= 15 is 0 Å². The summed E-state index contributed by atoms with van der Waals surface area (Å²) in [6, 6.07) is 5.18. The molecule has 0 aliphatic carbocycles. The van der Waals surface area contributed by atoms with Crippen LogP contribution in [-0.2, 0) is 17.3 Å². The van der Waals surface area contributed by atoms with Gasteiger partial charge in [-0.05, 0) is 35.5 Å². The molecule has 1 heterocycles. The lowest BCUT2D eigenvalue weighted by Gasteiger charge is -2.10. The van der Waals surface area contributed by atoms with Crippen LogP contribution in [0.1, 0.15) is 6.92 Å². The summed E-state index contributed by atoms with van der Waals surface area (Å²) >= 11 is 0. The minimum absolute atomic E-state index is 0.0411.